The molecule has 2 atom stereocenters. The van der Waals surface area contributed by atoms with Gasteiger partial charge in [-0.15, -0.1) is 11.3 Å². The summed E-state index contributed by atoms with van der Waals surface area (Å²) in [6.07, 6.45) is 3.13. The van der Waals surface area contributed by atoms with E-state index in [1.54, 1.807) is 18.2 Å². The molecular weight excluding hydrogens is 418 g/mol. The van der Waals surface area contributed by atoms with E-state index in [-0.39, 0.29) is 23.6 Å². The second-order valence-corrected chi connectivity index (χ2v) is 9.05. The van der Waals surface area contributed by atoms with Gasteiger partial charge in [-0.25, -0.2) is 18.7 Å². The van der Waals surface area contributed by atoms with E-state index in [1.807, 2.05) is 11.8 Å². The summed E-state index contributed by atoms with van der Waals surface area (Å²) < 4.78 is 26.5. The molecule has 162 valence electrons. The van der Waals surface area contributed by atoms with Gasteiger partial charge in [0.05, 0.1) is 22.9 Å². The molecule has 4 rings (SSSR count). The predicted octanol–water partition coefficient (Wildman–Crippen LogP) is 5.14. The van der Waals surface area contributed by atoms with Crippen LogP contribution in [-0.4, -0.2) is 39.9 Å². The van der Waals surface area contributed by atoms with Gasteiger partial charge in [0.25, 0.3) is 5.91 Å². The second kappa shape index (κ2) is 9.09. The number of hydrogen-bond donors (Lipinski definition) is 1. The molecule has 0 radical (unpaired) electrons. The molecular formula is C23H24F2N4OS. The highest BCUT2D eigenvalue weighted by molar-refractivity contribution is 7.14. The molecule has 0 aliphatic carbocycles. The third kappa shape index (κ3) is 4.74. The molecule has 0 spiro atoms. The lowest BCUT2D eigenvalue weighted by Crippen LogP contribution is -2.51. The molecule has 1 N–H and O–H groups in total. The topological polar surface area (TPSA) is 58.1 Å². The van der Waals surface area contributed by atoms with E-state index in [4.69, 9.17) is 0 Å². The monoisotopic (exact) mass is 442 g/mol. The van der Waals surface area contributed by atoms with Crippen LogP contribution in [0.5, 0.6) is 0 Å². The number of rotatable bonds is 5. The van der Waals surface area contributed by atoms with E-state index in [0.29, 0.717) is 35.4 Å². The van der Waals surface area contributed by atoms with Gasteiger partial charge in [-0.05, 0) is 62.1 Å². The maximum absolute atomic E-state index is 13.6. The Balaban J connectivity index is 1.58. The Morgan fingerprint density at radius 2 is 1.94 bits per heavy atom. The van der Waals surface area contributed by atoms with Crippen molar-refractivity contribution in [3.8, 4) is 11.3 Å². The Morgan fingerprint density at radius 3 is 2.65 bits per heavy atom. The first-order valence-corrected chi connectivity index (χ1v) is 11.1. The maximum Gasteiger partial charge on any atom is 0.266 e. The molecule has 8 heteroatoms. The van der Waals surface area contributed by atoms with Crippen LogP contribution in [0.15, 0.2) is 42.6 Å². The molecule has 1 aliphatic heterocycles. The zero-order valence-corrected chi connectivity index (χ0v) is 18.3. The van der Waals surface area contributed by atoms with Crippen LogP contribution in [0.2, 0.25) is 0 Å². The van der Waals surface area contributed by atoms with Crippen molar-refractivity contribution < 1.29 is 13.6 Å². The highest BCUT2D eigenvalue weighted by atomic mass is 32.1. The van der Waals surface area contributed by atoms with Crippen LogP contribution >= 0.6 is 11.3 Å². The number of aromatic nitrogens is 2. The molecule has 1 aromatic carbocycles. The van der Waals surface area contributed by atoms with Crippen molar-refractivity contribution >= 4 is 23.1 Å². The fourth-order valence-electron chi connectivity index (χ4n) is 4.01. The van der Waals surface area contributed by atoms with Gasteiger partial charge >= 0.3 is 0 Å². The Hall–Kier alpha value is -2.87. The highest BCUT2D eigenvalue weighted by Gasteiger charge is 2.34. The average molecular weight is 443 g/mol. The van der Waals surface area contributed by atoms with Gasteiger partial charge in [0.1, 0.15) is 22.3 Å². The molecule has 1 fully saturated rings. The number of halogens is 2. The lowest BCUT2D eigenvalue weighted by atomic mass is 9.90. The number of thiazole rings is 1. The SMILES string of the molecule is Cc1nc(-c2ccc(F)cc2)c(C(=O)N2CCC[C@@H](C)[C@H]2CNc2ccc(F)cn2)s1. The lowest BCUT2D eigenvalue weighted by molar-refractivity contribution is 0.0545. The average Bonchev–Trinajstić information content (AvgIpc) is 3.15. The van der Waals surface area contributed by atoms with Crippen LogP contribution in [0, 0.1) is 24.5 Å². The summed E-state index contributed by atoms with van der Waals surface area (Å²) in [7, 11) is 0. The molecule has 0 saturated carbocycles. The van der Waals surface area contributed by atoms with Crippen molar-refractivity contribution in [1.29, 1.82) is 0 Å². The zero-order chi connectivity index (χ0) is 22.0. The van der Waals surface area contributed by atoms with Crippen LogP contribution in [-0.2, 0) is 0 Å². The largest absolute Gasteiger partial charge is 0.368 e. The Kier molecular flexibility index (Phi) is 6.27. The first-order chi connectivity index (χ1) is 14.9. The second-order valence-electron chi connectivity index (χ2n) is 7.85. The smallest absolute Gasteiger partial charge is 0.266 e. The molecule has 2 aromatic heterocycles. The molecule has 31 heavy (non-hydrogen) atoms. The number of carbonyl (C=O) groups is 1. The fourth-order valence-corrected chi connectivity index (χ4v) is 4.90. The van der Waals surface area contributed by atoms with Gasteiger partial charge in [0.15, 0.2) is 0 Å². The Bertz CT molecular complexity index is 1050. The first kappa shape index (κ1) is 21.4. The quantitative estimate of drug-likeness (QED) is 0.594. The summed E-state index contributed by atoms with van der Waals surface area (Å²) >= 11 is 1.36. The van der Waals surface area contributed by atoms with E-state index in [9.17, 15) is 13.6 Å². The van der Waals surface area contributed by atoms with Crippen LogP contribution in [0.1, 0.15) is 34.4 Å². The van der Waals surface area contributed by atoms with Gasteiger partial charge < -0.3 is 10.2 Å². The molecule has 5 nitrogen and oxygen atoms in total. The highest BCUT2D eigenvalue weighted by Crippen LogP contribution is 2.32. The van der Waals surface area contributed by atoms with Crippen molar-refractivity contribution in [3.63, 3.8) is 0 Å². The van der Waals surface area contributed by atoms with Gasteiger partial charge in [-0.2, -0.15) is 0 Å². The minimum atomic E-state index is -0.387. The Morgan fingerprint density at radius 1 is 1.19 bits per heavy atom. The van der Waals surface area contributed by atoms with Gasteiger partial charge in [-0.3, -0.25) is 4.79 Å². The zero-order valence-electron chi connectivity index (χ0n) is 17.4. The lowest BCUT2D eigenvalue weighted by Gasteiger charge is -2.40. The minimum Gasteiger partial charge on any atom is -0.368 e. The van der Waals surface area contributed by atoms with E-state index >= 15 is 0 Å². The van der Waals surface area contributed by atoms with Crippen molar-refractivity contribution in [2.75, 3.05) is 18.4 Å². The van der Waals surface area contributed by atoms with Crippen molar-refractivity contribution in [2.24, 2.45) is 5.92 Å². The number of pyridine rings is 1. The number of amides is 1. The van der Waals surface area contributed by atoms with Crippen molar-refractivity contribution in [3.05, 3.63) is 64.1 Å². The third-order valence-electron chi connectivity index (χ3n) is 5.64. The molecule has 3 heterocycles. The van der Waals surface area contributed by atoms with Crippen LogP contribution in [0.3, 0.4) is 0 Å². The van der Waals surface area contributed by atoms with Gasteiger partial charge in [-0.1, -0.05) is 6.92 Å². The summed E-state index contributed by atoms with van der Waals surface area (Å²) in [4.78, 5) is 24.7. The number of carbonyl (C=O) groups excluding carboxylic acids is 1. The van der Waals surface area contributed by atoms with E-state index in [2.05, 4.69) is 22.2 Å². The normalized spacial score (nSPS) is 18.8. The van der Waals surface area contributed by atoms with Gasteiger partial charge in [0.2, 0.25) is 0 Å². The molecule has 3 aromatic rings. The van der Waals surface area contributed by atoms with Crippen molar-refractivity contribution in [1.82, 2.24) is 14.9 Å². The summed E-state index contributed by atoms with van der Waals surface area (Å²) in [5, 5.41) is 4.03. The predicted molar refractivity (Wildman–Crippen MR) is 118 cm³/mol. The number of piperidine rings is 1. The number of likely N-dealkylation sites (tertiary alicyclic amines) is 1. The Labute approximate surface area is 184 Å². The molecule has 1 amide bonds. The number of benzene rings is 1. The third-order valence-corrected chi connectivity index (χ3v) is 6.60. The standard InChI is InChI=1S/C23H24F2N4OS/c1-14-4-3-11-29(19(14)13-27-20-10-9-18(25)12-26-20)23(30)22-21(28-15(2)31-22)16-5-7-17(24)8-6-16/h5-10,12,14,19H,3-4,11,13H2,1-2H3,(H,26,27)/t14-,19-/m1/s1. The number of aryl methyl sites for hydroxylation is 1. The van der Waals surface area contributed by atoms with E-state index < -0.39 is 0 Å². The summed E-state index contributed by atoms with van der Waals surface area (Å²) in [5.41, 5.74) is 1.32. The number of nitrogens with one attached hydrogen (secondary N) is 1. The van der Waals surface area contributed by atoms with E-state index in [0.717, 1.165) is 23.4 Å². The number of hydrogen-bond acceptors (Lipinski definition) is 5. The summed E-state index contributed by atoms with van der Waals surface area (Å²) in [5.74, 6) is 0.104. The molecule has 1 saturated heterocycles. The maximum atomic E-state index is 13.6. The van der Waals surface area contributed by atoms with Crippen molar-refractivity contribution in [2.45, 2.75) is 32.7 Å². The summed E-state index contributed by atoms with van der Waals surface area (Å²) in [6, 6.07) is 8.98. The van der Waals surface area contributed by atoms with Crippen LogP contribution in [0.4, 0.5) is 14.6 Å². The fraction of sp³-hybridized carbons (Fsp3) is 0.348. The van der Waals surface area contributed by atoms with Crippen LogP contribution < -0.4 is 5.32 Å². The molecule has 0 bridgehead atoms. The van der Waals surface area contributed by atoms with Crippen LogP contribution in [0.25, 0.3) is 11.3 Å². The number of nitrogens with zero attached hydrogens (tertiary/aromatic N) is 3. The van der Waals surface area contributed by atoms with E-state index in [1.165, 1.54) is 35.7 Å². The molecule has 0 unspecified atom stereocenters. The molecule has 1 aliphatic rings. The van der Waals surface area contributed by atoms with Gasteiger partial charge in [0, 0.05) is 18.7 Å². The number of anilines is 1. The first-order valence-electron chi connectivity index (χ1n) is 10.3. The summed E-state index contributed by atoms with van der Waals surface area (Å²) in [6.45, 7) is 5.19. The minimum absolute atomic E-state index is 0.0309.